The summed E-state index contributed by atoms with van der Waals surface area (Å²) < 4.78 is 13.7. The molecule has 1 aliphatic rings. The summed E-state index contributed by atoms with van der Waals surface area (Å²) in [6.45, 7) is 0.718. The Morgan fingerprint density at radius 1 is 1.15 bits per heavy atom. The molecule has 1 amide bonds. The number of carbonyl (C=O) groups is 1. The molecule has 0 saturated carbocycles. The topological polar surface area (TPSA) is 68.3 Å². The van der Waals surface area contributed by atoms with Crippen molar-refractivity contribution in [2.24, 2.45) is 0 Å². The lowest BCUT2D eigenvalue weighted by atomic mass is 10.2. The van der Waals surface area contributed by atoms with Gasteiger partial charge in [0.1, 0.15) is 18.4 Å². The maximum Gasteiger partial charge on any atom is 0.270 e. The summed E-state index contributed by atoms with van der Waals surface area (Å²) in [6, 6.07) is 17.0. The summed E-state index contributed by atoms with van der Waals surface area (Å²) in [5, 5.41) is 2.89. The summed E-state index contributed by atoms with van der Waals surface area (Å²) in [7, 11) is 0. The minimum absolute atomic E-state index is 0.233. The maximum absolute atomic E-state index is 12.6. The number of nitrogens with one attached hydrogen (secondary N) is 2. The van der Waals surface area contributed by atoms with E-state index in [0.29, 0.717) is 29.4 Å². The van der Waals surface area contributed by atoms with E-state index in [1.54, 1.807) is 10.8 Å². The number of imidazole rings is 1. The SMILES string of the molecule is O=C(NC[C@H]1COc2ccccc2O1)c1c[nH]c(=S)n1-c1ccccc1. The normalized spacial score (nSPS) is 15.5. The van der Waals surface area contributed by atoms with Gasteiger partial charge in [0.25, 0.3) is 5.91 Å². The van der Waals surface area contributed by atoms with Gasteiger partial charge in [-0.05, 0) is 36.5 Å². The van der Waals surface area contributed by atoms with Crippen LogP contribution < -0.4 is 14.8 Å². The van der Waals surface area contributed by atoms with Gasteiger partial charge in [0.05, 0.1) is 6.54 Å². The van der Waals surface area contributed by atoms with E-state index in [-0.39, 0.29) is 12.0 Å². The van der Waals surface area contributed by atoms with E-state index in [9.17, 15) is 4.79 Å². The summed E-state index contributed by atoms with van der Waals surface area (Å²) in [4.78, 5) is 15.6. The monoisotopic (exact) mass is 367 g/mol. The molecule has 0 fully saturated rings. The van der Waals surface area contributed by atoms with Crippen molar-refractivity contribution in [1.29, 1.82) is 0 Å². The van der Waals surface area contributed by atoms with E-state index in [1.807, 2.05) is 54.6 Å². The number of aromatic amines is 1. The van der Waals surface area contributed by atoms with Crippen molar-refractivity contribution in [3.63, 3.8) is 0 Å². The Balaban J connectivity index is 1.46. The fraction of sp³-hybridized carbons (Fsp3) is 0.158. The van der Waals surface area contributed by atoms with Crippen molar-refractivity contribution in [2.45, 2.75) is 6.10 Å². The van der Waals surface area contributed by atoms with Crippen LogP contribution in [0.4, 0.5) is 0 Å². The molecule has 1 aromatic heterocycles. The second-order valence-corrected chi connectivity index (χ2v) is 6.24. The Morgan fingerprint density at radius 3 is 2.69 bits per heavy atom. The molecule has 0 saturated heterocycles. The van der Waals surface area contributed by atoms with Crippen molar-refractivity contribution in [1.82, 2.24) is 14.9 Å². The van der Waals surface area contributed by atoms with Crippen molar-refractivity contribution in [2.75, 3.05) is 13.2 Å². The highest BCUT2D eigenvalue weighted by Crippen LogP contribution is 2.30. The third-order valence-corrected chi connectivity index (χ3v) is 4.38. The molecule has 3 aromatic rings. The van der Waals surface area contributed by atoms with E-state index >= 15 is 0 Å². The number of nitrogens with zero attached hydrogens (tertiary/aromatic N) is 1. The number of hydrogen-bond acceptors (Lipinski definition) is 4. The van der Waals surface area contributed by atoms with Gasteiger partial charge in [0.2, 0.25) is 0 Å². The van der Waals surface area contributed by atoms with Crippen molar-refractivity contribution in [3.8, 4) is 17.2 Å². The van der Waals surface area contributed by atoms with E-state index in [2.05, 4.69) is 10.3 Å². The molecule has 0 spiro atoms. The predicted octanol–water partition coefficient (Wildman–Crippen LogP) is 3.10. The minimum atomic E-state index is -0.249. The number of H-pyrrole nitrogens is 1. The fourth-order valence-electron chi connectivity index (χ4n) is 2.83. The standard InChI is InChI=1S/C19H17N3O3S/c23-18(15-11-21-19(26)22(15)13-6-2-1-3-7-13)20-10-14-12-24-16-8-4-5-9-17(16)25-14/h1-9,11,14H,10,12H2,(H,20,23)(H,21,26)/t14-/m0/s1. The van der Waals surface area contributed by atoms with Crippen molar-refractivity contribution in [3.05, 3.63) is 71.3 Å². The Hall–Kier alpha value is -3.06. The van der Waals surface area contributed by atoms with Crippen LogP contribution >= 0.6 is 12.2 Å². The Morgan fingerprint density at radius 2 is 1.88 bits per heavy atom. The van der Waals surface area contributed by atoms with Gasteiger partial charge in [-0.15, -0.1) is 0 Å². The molecular formula is C19H17N3O3S. The van der Waals surface area contributed by atoms with Crippen LogP contribution in [0.3, 0.4) is 0 Å². The third kappa shape index (κ3) is 3.21. The number of benzene rings is 2. The van der Waals surface area contributed by atoms with Crippen LogP contribution in [0.25, 0.3) is 5.69 Å². The average Bonchev–Trinajstić information content (AvgIpc) is 3.08. The Labute approximate surface area is 155 Å². The molecule has 7 heteroatoms. The van der Waals surface area contributed by atoms with Gasteiger partial charge in [-0.25, -0.2) is 0 Å². The van der Waals surface area contributed by atoms with E-state index in [0.717, 1.165) is 11.4 Å². The third-order valence-electron chi connectivity index (χ3n) is 4.08. The quantitative estimate of drug-likeness (QED) is 0.696. The van der Waals surface area contributed by atoms with Crippen LogP contribution in [0, 0.1) is 4.77 Å². The number of rotatable bonds is 4. The lowest BCUT2D eigenvalue weighted by Gasteiger charge is -2.26. The predicted molar refractivity (Wildman–Crippen MR) is 99.6 cm³/mol. The van der Waals surface area contributed by atoms with Crippen LogP contribution in [0.15, 0.2) is 60.8 Å². The van der Waals surface area contributed by atoms with Gasteiger partial charge in [-0.3, -0.25) is 9.36 Å². The summed E-state index contributed by atoms with van der Waals surface area (Å²) in [5.41, 5.74) is 1.27. The van der Waals surface area contributed by atoms with Gasteiger partial charge < -0.3 is 19.8 Å². The van der Waals surface area contributed by atoms with Gasteiger partial charge in [-0.2, -0.15) is 0 Å². The molecular weight excluding hydrogens is 350 g/mol. The molecule has 2 heterocycles. The molecule has 6 nitrogen and oxygen atoms in total. The lowest BCUT2D eigenvalue weighted by Crippen LogP contribution is -2.41. The number of aromatic nitrogens is 2. The number of ether oxygens (including phenoxy) is 2. The molecule has 26 heavy (non-hydrogen) atoms. The molecule has 1 aliphatic heterocycles. The molecule has 4 rings (SSSR count). The number of para-hydroxylation sites is 3. The van der Waals surface area contributed by atoms with Gasteiger partial charge >= 0.3 is 0 Å². The highest BCUT2D eigenvalue weighted by molar-refractivity contribution is 7.71. The zero-order chi connectivity index (χ0) is 17.9. The second kappa shape index (κ2) is 7.05. The first-order valence-electron chi connectivity index (χ1n) is 8.25. The Bertz CT molecular complexity index is 981. The second-order valence-electron chi connectivity index (χ2n) is 5.86. The smallest absolute Gasteiger partial charge is 0.270 e. The first-order valence-corrected chi connectivity index (χ1v) is 8.66. The number of carbonyl (C=O) groups excluding carboxylic acids is 1. The maximum atomic E-state index is 12.6. The zero-order valence-electron chi connectivity index (χ0n) is 13.8. The number of hydrogen-bond donors (Lipinski definition) is 2. The van der Waals surface area contributed by atoms with Crippen LogP contribution in [0.5, 0.6) is 11.5 Å². The molecule has 1 atom stereocenters. The molecule has 0 bridgehead atoms. The minimum Gasteiger partial charge on any atom is -0.486 e. The van der Waals surface area contributed by atoms with Gasteiger partial charge in [0.15, 0.2) is 16.3 Å². The van der Waals surface area contributed by atoms with Gasteiger partial charge in [0, 0.05) is 11.9 Å². The number of fused-ring (bicyclic) bond motifs is 1. The summed E-state index contributed by atoms with van der Waals surface area (Å²) >= 11 is 5.31. The fourth-order valence-corrected chi connectivity index (χ4v) is 3.09. The molecule has 2 aromatic carbocycles. The largest absolute Gasteiger partial charge is 0.486 e. The molecule has 2 N–H and O–H groups in total. The molecule has 0 unspecified atom stereocenters. The lowest BCUT2D eigenvalue weighted by molar-refractivity contribution is 0.0785. The van der Waals surface area contributed by atoms with Crippen LogP contribution in [-0.2, 0) is 0 Å². The van der Waals surface area contributed by atoms with E-state index in [4.69, 9.17) is 21.7 Å². The molecule has 132 valence electrons. The first kappa shape index (κ1) is 16.4. The highest BCUT2D eigenvalue weighted by atomic mass is 32.1. The average molecular weight is 367 g/mol. The summed E-state index contributed by atoms with van der Waals surface area (Å²) in [5.74, 6) is 1.17. The van der Waals surface area contributed by atoms with Crippen molar-refractivity contribution < 1.29 is 14.3 Å². The zero-order valence-corrected chi connectivity index (χ0v) is 14.7. The van der Waals surface area contributed by atoms with E-state index in [1.165, 1.54) is 0 Å². The number of amides is 1. The van der Waals surface area contributed by atoms with Crippen LogP contribution in [0.2, 0.25) is 0 Å². The molecule has 0 aliphatic carbocycles. The van der Waals surface area contributed by atoms with Crippen molar-refractivity contribution >= 4 is 18.1 Å². The molecule has 0 radical (unpaired) electrons. The van der Waals surface area contributed by atoms with Crippen LogP contribution in [-0.4, -0.2) is 34.7 Å². The van der Waals surface area contributed by atoms with E-state index < -0.39 is 0 Å². The van der Waals surface area contributed by atoms with Gasteiger partial charge in [-0.1, -0.05) is 30.3 Å². The summed E-state index contributed by atoms with van der Waals surface area (Å²) in [6.07, 6.45) is 1.36. The first-order chi connectivity index (χ1) is 12.7. The Kier molecular flexibility index (Phi) is 4.45. The highest BCUT2D eigenvalue weighted by Gasteiger charge is 2.22. The van der Waals surface area contributed by atoms with Crippen LogP contribution in [0.1, 0.15) is 10.5 Å².